The fraction of sp³-hybridized carbons (Fsp3) is 0.333. The highest BCUT2D eigenvalue weighted by Crippen LogP contribution is 2.31. The highest BCUT2D eigenvalue weighted by molar-refractivity contribution is 7.99. The van der Waals surface area contributed by atoms with Crippen LogP contribution >= 0.6 is 11.8 Å². The van der Waals surface area contributed by atoms with Crippen molar-refractivity contribution in [2.45, 2.75) is 24.9 Å². The van der Waals surface area contributed by atoms with E-state index in [-0.39, 0.29) is 11.9 Å². The van der Waals surface area contributed by atoms with Crippen molar-refractivity contribution in [1.82, 2.24) is 25.1 Å². The molecule has 0 aliphatic rings. The van der Waals surface area contributed by atoms with Crippen molar-refractivity contribution in [3.63, 3.8) is 0 Å². The fourth-order valence-corrected chi connectivity index (χ4v) is 3.17. The van der Waals surface area contributed by atoms with Gasteiger partial charge in [-0.05, 0) is 44.2 Å². The average molecular weight is 387 g/mol. The molecule has 3 rings (SSSR count). The first-order valence-corrected chi connectivity index (χ1v) is 9.37. The lowest BCUT2D eigenvalue weighted by Crippen LogP contribution is -2.31. The third kappa shape index (κ3) is 4.30. The maximum absolute atomic E-state index is 11.8. The van der Waals surface area contributed by atoms with Crippen molar-refractivity contribution in [3.8, 4) is 22.9 Å². The fourth-order valence-electron chi connectivity index (χ4n) is 2.51. The first-order valence-electron chi connectivity index (χ1n) is 8.39. The Labute approximate surface area is 161 Å². The predicted octanol–water partition coefficient (Wildman–Crippen LogP) is 2.43. The third-order valence-corrected chi connectivity index (χ3v) is 4.60. The van der Waals surface area contributed by atoms with Gasteiger partial charge in [-0.1, -0.05) is 11.8 Å². The smallest absolute Gasteiger partial charge is 0.230 e. The molecule has 1 aromatic carbocycles. The van der Waals surface area contributed by atoms with Crippen LogP contribution in [0.2, 0.25) is 0 Å². The Kier molecular flexibility index (Phi) is 5.80. The third-order valence-electron chi connectivity index (χ3n) is 3.68. The van der Waals surface area contributed by atoms with Gasteiger partial charge in [0.15, 0.2) is 23.0 Å². The number of rotatable bonds is 7. The predicted molar refractivity (Wildman–Crippen MR) is 103 cm³/mol. The summed E-state index contributed by atoms with van der Waals surface area (Å²) in [6, 6.07) is 9.28. The number of ether oxygens (including phenoxy) is 2. The molecule has 27 heavy (non-hydrogen) atoms. The maximum Gasteiger partial charge on any atom is 0.230 e. The van der Waals surface area contributed by atoms with E-state index in [1.807, 2.05) is 44.2 Å². The molecule has 0 bridgehead atoms. The number of thioether (sulfide) groups is 1. The van der Waals surface area contributed by atoms with Crippen LogP contribution in [-0.4, -0.2) is 51.7 Å². The molecule has 8 nitrogen and oxygen atoms in total. The van der Waals surface area contributed by atoms with Gasteiger partial charge >= 0.3 is 0 Å². The van der Waals surface area contributed by atoms with Gasteiger partial charge in [0.05, 0.1) is 20.0 Å². The Morgan fingerprint density at radius 3 is 2.63 bits per heavy atom. The van der Waals surface area contributed by atoms with Gasteiger partial charge < -0.3 is 14.8 Å². The van der Waals surface area contributed by atoms with E-state index >= 15 is 0 Å². The maximum atomic E-state index is 11.8. The zero-order valence-electron chi connectivity index (χ0n) is 15.6. The van der Waals surface area contributed by atoms with Crippen LogP contribution in [0.1, 0.15) is 13.8 Å². The van der Waals surface area contributed by atoms with E-state index in [0.717, 1.165) is 5.56 Å². The van der Waals surface area contributed by atoms with Crippen molar-refractivity contribution in [2.24, 2.45) is 0 Å². The summed E-state index contributed by atoms with van der Waals surface area (Å²) in [5, 5.41) is 16.5. The number of fused-ring (bicyclic) bond motifs is 1. The van der Waals surface area contributed by atoms with Crippen LogP contribution in [0.4, 0.5) is 0 Å². The lowest BCUT2D eigenvalue weighted by Gasteiger charge is -2.09. The van der Waals surface area contributed by atoms with Gasteiger partial charge in [-0.15, -0.1) is 10.2 Å². The zero-order valence-corrected chi connectivity index (χ0v) is 16.4. The summed E-state index contributed by atoms with van der Waals surface area (Å²) in [7, 11) is 3.17. The van der Waals surface area contributed by atoms with Gasteiger partial charge in [-0.2, -0.15) is 9.61 Å². The van der Waals surface area contributed by atoms with Crippen molar-refractivity contribution in [3.05, 3.63) is 30.3 Å². The Balaban J connectivity index is 1.88. The van der Waals surface area contributed by atoms with Crippen molar-refractivity contribution in [1.29, 1.82) is 0 Å². The van der Waals surface area contributed by atoms with E-state index in [1.54, 1.807) is 18.7 Å². The SMILES string of the molecule is COc1ccc(-c2nnc3ccc(SCC(=O)NC(C)C)nn23)cc1OC. The van der Waals surface area contributed by atoms with E-state index in [0.29, 0.717) is 33.7 Å². The van der Waals surface area contributed by atoms with Gasteiger partial charge in [0.2, 0.25) is 5.91 Å². The first kappa shape index (κ1) is 19.0. The first-order chi connectivity index (χ1) is 13.0. The van der Waals surface area contributed by atoms with Crippen LogP contribution in [0.5, 0.6) is 11.5 Å². The normalized spacial score (nSPS) is 11.0. The molecule has 0 aliphatic heterocycles. The molecule has 1 amide bonds. The van der Waals surface area contributed by atoms with Gasteiger partial charge in [-0.3, -0.25) is 4.79 Å². The molecular formula is C18H21N5O3S. The summed E-state index contributed by atoms with van der Waals surface area (Å²) in [5.74, 6) is 2.09. The minimum absolute atomic E-state index is 0.0271. The second kappa shape index (κ2) is 8.26. The number of benzene rings is 1. The van der Waals surface area contributed by atoms with E-state index < -0.39 is 0 Å². The standard InChI is InChI=1S/C18H21N5O3S/c1-11(2)19-16(24)10-27-17-8-7-15-20-21-18(23(15)22-17)12-5-6-13(25-3)14(9-12)26-4/h5-9,11H,10H2,1-4H3,(H,19,24). The summed E-state index contributed by atoms with van der Waals surface area (Å²) in [4.78, 5) is 11.8. The van der Waals surface area contributed by atoms with Crippen LogP contribution in [0.3, 0.4) is 0 Å². The Morgan fingerprint density at radius 1 is 1.15 bits per heavy atom. The van der Waals surface area contributed by atoms with Crippen molar-refractivity contribution >= 4 is 23.3 Å². The molecule has 2 aromatic heterocycles. The number of carbonyl (C=O) groups is 1. The quantitative estimate of drug-likeness (QED) is 0.623. The second-order valence-electron chi connectivity index (χ2n) is 6.05. The molecule has 0 spiro atoms. The number of amides is 1. The Hall–Kier alpha value is -2.81. The number of carbonyl (C=O) groups excluding carboxylic acids is 1. The zero-order chi connectivity index (χ0) is 19.4. The molecule has 9 heteroatoms. The van der Waals surface area contributed by atoms with Crippen LogP contribution < -0.4 is 14.8 Å². The lowest BCUT2D eigenvalue weighted by molar-refractivity contribution is -0.119. The van der Waals surface area contributed by atoms with E-state index in [4.69, 9.17) is 9.47 Å². The van der Waals surface area contributed by atoms with E-state index in [2.05, 4.69) is 20.6 Å². The summed E-state index contributed by atoms with van der Waals surface area (Å²) >= 11 is 1.36. The summed E-state index contributed by atoms with van der Waals surface area (Å²) in [6.07, 6.45) is 0. The lowest BCUT2D eigenvalue weighted by atomic mass is 10.2. The highest BCUT2D eigenvalue weighted by atomic mass is 32.2. The number of aromatic nitrogens is 4. The number of methoxy groups -OCH3 is 2. The van der Waals surface area contributed by atoms with Gasteiger partial charge in [0.1, 0.15) is 5.03 Å². The molecule has 0 atom stereocenters. The minimum atomic E-state index is -0.0271. The number of hydrogen-bond acceptors (Lipinski definition) is 7. The second-order valence-corrected chi connectivity index (χ2v) is 7.04. The van der Waals surface area contributed by atoms with Crippen LogP contribution in [0, 0.1) is 0 Å². The van der Waals surface area contributed by atoms with E-state index in [9.17, 15) is 4.79 Å². The molecule has 0 unspecified atom stereocenters. The van der Waals surface area contributed by atoms with Crippen molar-refractivity contribution in [2.75, 3.05) is 20.0 Å². The van der Waals surface area contributed by atoms with Gasteiger partial charge in [0, 0.05) is 11.6 Å². The molecule has 0 aliphatic carbocycles. The molecule has 2 heterocycles. The summed E-state index contributed by atoms with van der Waals surface area (Å²) in [6.45, 7) is 3.86. The summed E-state index contributed by atoms with van der Waals surface area (Å²) in [5.41, 5.74) is 1.42. The van der Waals surface area contributed by atoms with Crippen LogP contribution in [0.15, 0.2) is 35.4 Å². The van der Waals surface area contributed by atoms with Crippen LogP contribution in [-0.2, 0) is 4.79 Å². The Bertz CT molecular complexity index is 957. The van der Waals surface area contributed by atoms with E-state index in [1.165, 1.54) is 11.8 Å². The van der Waals surface area contributed by atoms with Crippen LogP contribution in [0.25, 0.3) is 17.0 Å². The monoisotopic (exact) mass is 387 g/mol. The molecule has 0 radical (unpaired) electrons. The molecule has 3 aromatic rings. The van der Waals surface area contributed by atoms with Crippen molar-refractivity contribution < 1.29 is 14.3 Å². The summed E-state index contributed by atoms with van der Waals surface area (Å²) < 4.78 is 12.3. The highest BCUT2D eigenvalue weighted by Gasteiger charge is 2.14. The average Bonchev–Trinajstić information content (AvgIpc) is 3.08. The molecule has 0 saturated carbocycles. The largest absolute Gasteiger partial charge is 0.493 e. The Morgan fingerprint density at radius 2 is 1.93 bits per heavy atom. The van der Waals surface area contributed by atoms with Gasteiger partial charge in [-0.25, -0.2) is 0 Å². The van der Waals surface area contributed by atoms with Gasteiger partial charge in [0.25, 0.3) is 0 Å². The molecule has 142 valence electrons. The minimum Gasteiger partial charge on any atom is -0.493 e. The molecule has 0 saturated heterocycles. The topological polar surface area (TPSA) is 90.6 Å². The number of nitrogens with zero attached hydrogens (tertiary/aromatic N) is 4. The molecule has 0 fully saturated rings. The number of hydrogen-bond donors (Lipinski definition) is 1. The number of nitrogens with one attached hydrogen (secondary N) is 1. The molecular weight excluding hydrogens is 366 g/mol. The molecule has 1 N–H and O–H groups in total.